The number of carbonyl (C=O) groups excluding carboxylic acids is 2. The molecule has 31 heavy (non-hydrogen) atoms. The third-order valence-corrected chi connectivity index (χ3v) is 6.55. The van der Waals surface area contributed by atoms with Gasteiger partial charge in [-0.05, 0) is 50.3 Å². The number of benzene rings is 1. The average Bonchev–Trinajstić information content (AvgIpc) is 2.83. The van der Waals surface area contributed by atoms with Gasteiger partial charge in [-0.3, -0.25) is 9.59 Å². The van der Waals surface area contributed by atoms with E-state index in [0.29, 0.717) is 6.54 Å². The van der Waals surface area contributed by atoms with Gasteiger partial charge in [0.05, 0.1) is 5.41 Å². The number of fused-ring (bicyclic) bond motifs is 1. The van der Waals surface area contributed by atoms with E-state index in [1.165, 1.54) is 5.56 Å². The molecular weight excluding hydrogens is 390 g/mol. The molecule has 4 rings (SSSR count). The number of anilines is 1. The summed E-state index contributed by atoms with van der Waals surface area (Å²) in [4.78, 5) is 41.0. The highest BCUT2D eigenvalue weighted by Gasteiger charge is 2.46. The minimum Gasteiger partial charge on any atom is -0.347 e. The van der Waals surface area contributed by atoms with Gasteiger partial charge in [-0.2, -0.15) is 0 Å². The van der Waals surface area contributed by atoms with Gasteiger partial charge in [-0.25, -0.2) is 9.97 Å². The van der Waals surface area contributed by atoms with E-state index in [4.69, 9.17) is 0 Å². The molecule has 1 aromatic carbocycles. The molecule has 0 bridgehead atoms. The summed E-state index contributed by atoms with van der Waals surface area (Å²) in [6.07, 6.45) is 2.17. The molecule has 0 radical (unpaired) electrons. The lowest BCUT2D eigenvalue weighted by Gasteiger charge is -2.42. The first kappa shape index (κ1) is 21.3. The predicted octanol–water partition coefficient (Wildman–Crippen LogP) is 2.35. The smallest absolute Gasteiger partial charge is 0.241 e. The lowest BCUT2D eigenvalue weighted by molar-refractivity contribution is -0.148. The van der Waals surface area contributed by atoms with Crippen molar-refractivity contribution in [3.05, 3.63) is 52.8 Å². The van der Waals surface area contributed by atoms with Crippen LogP contribution in [0.4, 0.5) is 5.95 Å². The number of piperidine rings is 1. The number of rotatable bonds is 3. The second-order valence-corrected chi connectivity index (χ2v) is 9.11. The molecule has 164 valence electrons. The Kier molecular flexibility index (Phi) is 5.69. The number of carbonyl (C=O) groups is 2. The van der Waals surface area contributed by atoms with Crippen LogP contribution in [0, 0.1) is 19.3 Å². The molecule has 1 aromatic heterocycles. The summed E-state index contributed by atoms with van der Waals surface area (Å²) < 4.78 is 0. The van der Waals surface area contributed by atoms with Crippen molar-refractivity contribution in [2.24, 2.45) is 5.41 Å². The molecule has 1 fully saturated rings. The Morgan fingerprint density at radius 3 is 2.29 bits per heavy atom. The molecule has 0 atom stereocenters. The number of aryl methyl sites for hydroxylation is 2. The highest BCUT2D eigenvalue weighted by Crippen LogP contribution is 2.41. The number of hydrogen-bond donors (Lipinski definition) is 0. The van der Waals surface area contributed by atoms with Crippen LogP contribution in [-0.2, 0) is 22.6 Å². The summed E-state index contributed by atoms with van der Waals surface area (Å²) in [6.45, 7) is 6.02. The largest absolute Gasteiger partial charge is 0.347 e. The molecule has 7 heteroatoms. The van der Waals surface area contributed by atoms with Crippen molar-refractivity contribution < 1.29 is 9.59 Å². The average molecular weight is 422 g/mol. The fraction of sp³-hybridized carbons (Fsp3) is 0.500. The van der Waals surface area contributed by atoms with E-state index in [9.17, 15) is 9.59 Å². The normalized spacial score (nSPS) is 18.0. The van der Waals surface area contributed by atoms with Gasteiger partial charge in [-0.15, -0.1) is 0 Å². The minimum atomic E-state index is -0.492. The van der Waals surface area contributed by atoms with Gasteiger partial charge >= 0.3 is 0 Å². The lowest BCUT2D eigenvalue weighted by Crippen LogP contribution is -2.52. The zero-order chi connectivity index (χ0) is 22.2. The Hall–Kier alpha value is -2.96. The maximum Gasteiger partial charge on any atom is 0.241 e. The monoisotopic (exact) mass is 421 g/mol. The van der Waals surface area contributed by atoms with Gasteiger partial charge in [0.15, 0.2) is 0 Å². The predicted molar refractivity (Wildman–Crippen MR) is 120 cm³/mol. The topological polar surface area (TPSA) is 69.6 Å². The lowest BCUT2D eigenvalue weighted by atomic mass is 9.73. The third kappa shape index (κ3) is 4.27. The molecule has 1 saturated heterocycles. The molecule has 2 aliphatic rings. The van der Waals surface area contributed by atoms with Crippen molar-refractivity contribution >= 4 is 17.8 Å². The first-order chi connectivity index (χ1) is 14.8. The molecule has 7 nitrogen and oxygen atoms in total. The summed E-state index contributed by atoms with van der Waals surface area (Å²) in [7, 11) is 3.47. The van der Waals surface area contributed by atoms with Gasteiger partial charge in [-0.1, -0.05) is 24.3 Å². The summed E-state index contributed by atoms with van der Waals surface area (Å²) in [6, 6.07) is 10.2. The van der Waals surface area contributed by atoms with Gasteiger partial charge < -0.3 is 14.7 Å². The fourth-order valence-corrected chi connectivity index (χ4v) is 4.74. The molecule has 2 aromatic rings. The molecule has 0 saturated carbocycles. The van der Waals surface area contributed by atoms with Crippen LogP contribution in [0.15, 0.2) is 30.3 Å². The second-order valence-electron chi connectivity index (χ2n) is 9.11. The Bertz CT molecular complexity index is 975. The van der Waals surface area contributed by atoms with Crippen LogP contribution in [0.25, 0.3) is 0 Å². The molecule has 0 unspecified atom stereocenters. The van der Waals surface area contributed by atoms with Crippen molar-refractivity contribution in [3.8, 4) is 0 Å². The van der Waals surface area contributed by atoms with E-state index in [-0.39, 0.29) is 18.4 Å². The number of amides is 2. The highest BCUT2D eigenvalue weighted by molar-refractivity contribution is 5.89. The molecule has 2 aliphatic heterocycles. The van der Waals surface area contributed by atoms with Crippen LogP contribution < -0.4 is 4.90 Å². The quantitative estimate of drug-likeness (QED) is 0.761. The van der Waals surface area contributed by atoms with Crippen LogP contribution in [0.5, 0.6) is 0 Å². The highest BCUT2D eigenvalue weighted by atomic mass is 16.2. The fourth-order valence-electron chi connectivity index (χ4n) is 4.74. The van der Waals surface area contributed by atoms with Gasteiger partial charge in [0.1, 0.15) is 6.54 Å². The molecule has 0 aliphatic carbocycles. The van der Waals surface area contributed by atoms with Crippen LogP contribution in [0.2, 0.25) is 0 Å². The van der Waals surface area contributed by atoms with E-state index in [0.717, 1.165) is 55.3 Å². The molecule has 1 spiro atoms. The van der Waals surface area contributed by atoms with Gasteiger partial charge in [0, 0.05) is 45.1 Å². The third-order valence-electron chi connectivity index (χ3n) is 6.55. The van der Waals surface area contributed by atoms with Gasteiger partial charge in [0.25, 0.3) is 0 Å². The Morgan fingerprint density at radius 1 is 1.06 bits per heavy atom. The van der Waals surface area contributed by atoms with Gasteiger partial charge in [0.2, 0.25) is 17.8 Å². The summed E-state index contributed by atoms with van der Waals surface area (Å²) >= 11 is 0. The number of likely N-dealkylation sites (N-methyl/N-ethyl adjacent to an activating group) is 1. The van der Waals surface area contributed by atoms with E-state index in [1.54, 1.807) is 23.9 Å². The Balaban J connectivity index is 1.61. The van der Waals surface area contributed by atoms with E-state index < -0.39 is 5.41 Å². The van der Waals surface area contributed by atoms with Crippen molar-refractivity contribution in [1.29, 1.82) is 0 Å². The molecule has 0 N–H and O–H groups in total. The minimum absolute atomic E-state index is 0.0519. The van der Waals surface area contributed by atoms with Crippen LogP contribution >= 0.6 is 0 Å². The first-order valence-electron chi connectivity index (χ1n) is 10.9. The summed E-state index contributed by atoms with van der Waals surface area (Å²) in [5.41, 5.74) is 3.77. The van der Waals surface area contributed by atoms with Crippen LogP contribution in [0.1, 0.15) is 35.4 Å². The first-order valence-corrected chi connectivity index (χ1v) is 10.9. The van der Waals surface area contributed by atoms with Crippen molar-refractivity contribution in [3.63, 3.8) is 0 Å². The van der Waals surface area contributed by atoms with E-state index in [2.05, 4.69) is 27.0 Å². The molecule has 2 amide bonds. The van der Waals surface area contributed by atoms with E-state index >= 15 is 0 Å². The van der Waals surface area contributed by atoms with Crippen molar-refractivity contribution in [2.75, 3.05) is 38.6 Å². The summed E-state index contributed by atoms with van der Waals surface area (Å²) in [5, 5.41) is 0. The Labute approximate surface area is 184 Å². The maximum absolute atomic E-state index is 13.8. The Morgan fingerprint density at radius 2 is 1.68 bits per heavy atom. The zero-order valence-corrected chi connectivity index (χ0v) is 18.9. The molecular formula is C24H31N5O2. The number of hydrogen-bond acceptors (Lipinski definition) is 5. The SMILES string of the molecule is Cc1cc(C)nc(N2CCC3(CC2)Cc2ccccc2CN(CC(=O)N(C)C)C3=O)n1. The standard InChI is InChI=1S/C24H31N5O2/c1-17-13-18(2)26-23(25-17)28-11-9-24(10-12-28)14-19-7-5-6-8-20(19)15-29(22(24)31)16-21(30)27(3)4/h5-8,13H,9-12,14-16H2,1-4H3. The zero-order valence-electron chi connectivity index (χ0n) is 18.9. The van der Waals surface area contributed by atoms with Crippen LogP contribution in [0.3, 0.4) is 0 Å². The number of nitrogens with zero attached hydrogens (tertiary/aromatic N) is 5. The molecule has 3 heterocycles. The number of aromatic nitrogens is 2. The van der Waals surface area contributed by atoms with Crippen molar-refractivity contribution in [2.45, 2.75) is 39.7 Å². The second kappa shape index (κ2) is 8.29. The maximum atomic E-state index is 13.8. The van der Waals surface area contributed by atoms with Crippen LogP contribution in [-0.4, -0.2) is 65.3 Å². The summed E-state index contributed by atoms with van der Waals surface area (Å²) in [5.74, 6) is 0.789. The van der Waals surface area contributed by atoms with Crippen molar-refractivity contribution in [1.82, 2.24) is 19.8 Å². The van der Waals surface area contributed by atoms with E-state index in [1.807, 2.05) is 32.0 Å².